The lowest BCUT2D eigenvalue weighted by atomic mass is 10.1. The van der Waals surface area contributed by atoms with Crippen LogP contribution in [0.25, 0.3) is 10.8 Å². The van der Waals surface area contributed by atoms with E-state index in [1.54, 1.807) is 41.3 Å². The van der Waals surface area contributed by atoms with E-state index in [9.17, 15) is 18.0 Å². The van der Waals surface area contributed by atoms with Crippen LogP contribution in [0.4, 0.5) is 5.69 Å². The van der Waals surface area contributed by atoms with Crippen molar-refractivity contribution in [3.05, 3.63) is 60.6 Å². The number of carbonyl (C=O) groups is 2. The number of likely N-dealkylation sites (tertiary alicyclic amines) is 1. The average Bonchev–Trinajstić information content (AvgIpc) is 3.35. The van der Waals surface area contributed by atoms with Crippen molar-refractivity contribution in [2.24, 2.45) is 0 Å². The molecule has 1 aliphatic heterocycles. The summed E-state index contributed by atoms with van der Waals surface area (Å²) < 4.78 is 34.3. The van der Waals surface area contributed by atoms with E-state index in [1.807, 2.05) is 6.92 Å². The van der Waals surface area contributed by atoms with Gasteiger partial charge in [0.2, 0.25) is 15.9 Å². The van der Waals surface area contributed by atoms with E-state index in [0.29, 0.717) is 54.4 Å². The zero-order valence-corrected chi connectivity index (χ0v) is 19.2. The number of furan rings is 1. The highest BCUT2D eigenvalue weighted by atomic mass is 32.2. The van der Waals surface area contributed by atoms with Gasteiger partial charge in [0.1, 0.15) is 6.26 Å². The second kappa shape index (κ2) is 9.76. The van der Waals surface area contributed by atoms with Crippen molar-refractivity contribution < 1.29 is 22.4 Å². The number of anilines is 1. The van der Waals surface area contributed by atoms with Gasteiger partial charge in [-0.15, -0.1) is 0 Å². The van der Waals surface area contributed by atoms with E-state index < -0.39 is 10.0 Å². The van der Waals surface area contributed by atoms with E-state index in [4.69, 9.17) is 4.42 Å². The lowest BCUT2D eigenvalue weighted by Gasteiger charge is -2.32. The first-order valence-corrected chi connectivity index (χ1v) is 12.5. The molecule has 1 aliphatic rings. The van der Waals surface area contributed by atoms with Crippen molar-refractivity contribution in [1.29, 1.82) is 0 Å². The van der Waals surface area contributed by atoms with Crippen LogP contribution < -0.4 is 10.0 Å². The molecule has 0 atom stereocenters. The highest BCUT2D eigenvalue weighted by molar-refractivity contribution is 7.89. The summed E-state index contributed by atoms with van der Waals surface area (Å²) in [6, 6.07) is 11.5. The highest BCUT2D eigenvalue weighted by Gasteiger charge is 2.27. The number of benzene rings is 2. The maximum atomic E-state index is 13.3. The quantitative estimate of drug-likeness (QED) is 0.548. The Balaban J connectivity index is 1.53. The van der Waals surface area contributed by atoms with E-state index in [-0.39, 0.29) is 22.8 Å². The molecule has 0 aliphatic carbocycles. The van der Waals surface area contributed by atoms with Gasteiger partial charge in [-0.05, 0) is 37.5 Å². The molecule has 2 N–H and O–H groups in total. The normalized spacial score (nSPS) is 15.0. The molecule has 0 spiro atoms. The maximum Gasteiger partial charge on any atom is 0.258 e. The standard InChI is InChI=1S/C24H27N3O5S/c1-2-5-23(28)27-13-10-18(11-14-27)26-33(30,31)22-9-8-21(19-6-3-4-7-20(19)22)25-24(29)17-12-15-32-16-17/h3-4,6-9,12,15-16,18,26H,2,5,10-11,13-14H2,1H3,(H,25,29). The molecule has 9 heteroatoms. The fourth-order valence-corrected chi connectivity index (χ4v) is 5.62. The van der Waals surface area contributed by atoms with Crippen LogP contribution in [0.5, 0.6) is 0 Å². The summed E-state index contributed by atoms with van der Waals surface area (Å²) in [6.07, 6.45) is 5.24. The molecule has 1 saturated heterocycles. The third kappa shape index (κ3) is 5.09. The molecule has 0 unspecified atom stereocenters. The molecular formula is C24H27N3O5S. The molecule has 1 aromatic heterocycles. The monoisotopic (exact) mass is 469 g/mol. The van der Waals surface area contributed by atoms with Crippen LogP contribution in [-0.2, 0) is 14.8 Å². The highest BCUT2D eigenvalue weighted by Crippen LogP contribution is 2.30. The van der Waals surface area contributed by atoms with Gasteiger partial charge in [0.05, 0.1) is 16.7 Å². The predicted molar refractivity (Wildman–Crippen MR) is 125 cm³/mol. The van der Waals surface area contributed by atoms with Crippen LogP contribution in [0.1, 0.15) is 43.0 Å². The number of hydrogen-bond donors (Lipinski definition) is 2. The van der Waals surface area contributed by atoms with Gasteiger partial charge in [-0.3, -0.25) is 9.59 Å². The van der Waals surface area contributed by atoms with Gasteiger partial charge in [-0.25, -0.2) is 13.1 Å². The Morgan fingerprint density at radius 2 is 1.79 bits per heavy atom. The Labute approximate surface area is 193 Å². The zero-order valence-electron chi connectivity index (χ0n) is 18.4. The third-order valence-corrected chi connectivity index (χ3v) is 7.42. The summed E-state index contributed by atoms with van der Waals surface area (Å²) in [5, 5.41) is 3.96. The number of nitrogens with one attached hydrogen (secondary N) is 2. The van der Waals surface area contributed by atoms with Gasteiger partial charge in [0.15, 0.2) is 0 Å². The maximum absolute atomic E-state index is 13.3. The second-order valence-corrected chi connectivity index (χ2v) is 9.83. The summed E-state index contributed by atoms with van der Waals surface area (Å²) in [6.45, 7) is 3.06. The van der Waals surface area contributed by atoms with E-state index in [0.717, 1.165) is 6.42 Å². The van der Waals surface area contributed by atoms with Gasteiger partial charge < -0.3 is 14.6 Å². The first-order chi connectivity index (χ1) is 15.9. The first kappa shape index (κ1) is 23.0. The summed E-state index contributed by atoms with van der Waals surface area (Å²) in [5.41, 5.74) is 0.889. The van der Waals surface area contributed by atoms with Crippen molar-refractivity contribution in [2.75, 3.05) is 18.4 Å². The van der Waals surface area contributed by atoms with Crippen molar-refractivity contribution in [1.82, 2.24) is 9.62 Å². The largest absolute Gasteiger partial charge is 0.472 e. The molecule has 2 heterocycles. The molecule has 174 valence electrons. The molecule has 1 fully saturated rings. The smallest absolute Gasteiger partial charge is 0.258 e. The minimum Gasteiger partial charge on any atom is -0.472 e. The molecular weight excluding hydrogens is 442 g/mol. The molecule has 0 radical (unpaired) electrons. The summed E-state index contributed by atoms with van der Waals surface area (Å²) in [4.78, 5) is 26.5. The van der Waals surface area contributed by atoms with Crippen LogP contribution in [0.15, 0.2) is 64.3 Å². The van der Waals surface area contributed by atoms with Gasteiger partial charge in [-0.1, -0.05) is 31.2 Å². The number of sulfonamides is 1. The number of hydrogen-bond acceptors (Lipinski definition) is 5. The Hall–Kier alpha value is -3.17. The van der Waals surface area contributed by atoms with Crippen LogP contribution in [0.2, 0.25) is 0 Å². The van der Waals surface area contributed by atoms with E-state index >= 15 is 0 Å². The van der Waals surface area contributed by atoms with Gasteiger partial charge in [0.25, 0.3) is 5.91 Å². The lowest BCUT2D eigenvalue weighted by Crippen LogP contribution is -2.46. The number of rotatable bonds is 7. The number of piperidine rings is 1. The summed E-state index contributed by atoms with van der Waals surface area (Å²) in [5.74, 6) is -0.218. The zero-order chi connectivity index (χ0) is 23.4. The average molecular weight is 470 g/mol. The Kier molecular flexibility index (Phi) is 6.80. The summed E-state index contributed by atoms with van der Waals surface area (Å²) in [7, 11) is -3.80. The predicted octanol–water partition coefficient (Wildman–Crippen LogP) is 3.75. The van der Waals surface area contributed by atoms with Crippen LogP contribution in [-0.4, -0.2) is 44.3 Å². The van der Waals surface area contributed by atoms with Gasteiger partial charge >= 0.3 is 0 Å². The molecule has 0 bridgehead atoms. The fraction of sp³-hybridized carbons (Fsp3) is 0.333. The van der Waals surface area contributed by atoms with Crippen LogP contribution in [0.3, 0.4) is 0 Å². The fourth-order valence-electron chi connectivity index (χ4n) is 4.10. The van der Waals surface area contributed by atoms with E-state index in [1.165, 1.54) is 18.6 Å². The van der Waals surface area contributed by atoms with Crippen molar-refractivity contribution >= 4 is 38.3 Å². The summed E-state index contributed by atoms with van der Waals surface area (Å²) >= 11 is 0. The van der Waals surface area contributed by atoms with Crippen LogP contribution >= 0.6 is 0 Å². The lowest BCUT2D eigenvalue weighted by molar-refractivity contribution is -0.132. The molecule has 0 saturated carbocycles. The number of nitrogens with zero attached hydrogens (tertiary/aromatic N) is 1. The SMILES string of the molecule is CCCC(=O)N1CCC(NS(=O)(=O)c2ccc(NC(=O)c3ccoc3)c3ccccc23)CC1. The molecule has 3 aromatic rings. The van der Waals surface area contributed by atoms with E-state index in [2.05, 4.69) is 10.0 Å². The number of fused-ring (bicyclic) bond motifs is 1. The molecule has 4 rings (SSSR count). The van der Waals surface area contributed by atoms with Crippen LogP contribution in [0, 0.1) is 0 Å². The molecule has 2 amide bonds. The number of amides is 2. The molecule has 33 heavy (non-hydrogen) atoms. The Bertz CT molecular complexity index is 1250. The minimum absolute atomic E-state index is 0.123. The second-order valence-electron chi connectivity index (χ2n) is 8.15. The Morgan fingerprint density at radius 3 is 2.45 bits per heavy atom. The van der Waals surface area contributed by atoms with Crippen molar-refractivity contribution in [2.45, 2.75) is 43.5 Å². The Morgan fingerprint density at radius 1 is 1.06 bits per heavy atom. The van der Waals surface area contributed by atoms with Gasteiger partial charge in [-0.2, -0.15) is 0 Å². The van der Waals surface area contributed by atoms with Gasteiger partial charge in [0, 0.05) is 42.0 Å². The molecule has 8 nitrogen and oxygen atoms in total. The van der Waals surface area contributed by atoms with Crippen molar-refractivity contribution in [3.8, 4) is 0 Å². The first-order valence-electron chi connectivity index (χ1n) is 11.0. The third-order valence-electron chi connectivity index (χ3n) is 5.84. The number of carbonyl (C=O) groups excluding carboxylic acids is 2. The molecule has 2 aromatic carbocycles. The minimum atomic E-state index is -3.80. The van der Waals surface area contributed by atoms with Crippen molar-refractivity contribution in [3.63, 3.8) is 0 Å². The topological polar surface area (TPSA) is 109 Å².